The first-order chi connectivity index (χ1) is 13.6. The van der Waals surface area contributed by atoms with Gasteiger partial charge in [-0.05, 0) is 54.4 Å². The highest BCUT2D eigenvalue weighted by molar-refractivity contribution is 5.94. The Hall–Kier alpha value is -3.54. The van der Waals surface area contributed by atoms with Crippen LogP contribution in [0.1, 0.15) is 34.5 Å². The van der Waals surface area contributed by atoms with Crippen molar-refractivity contribution in [3.63, 3.8) is 0 Å². The molecule has 3 aromatic carbocycles. The fourth-order valence-corrected chi connectivity index (χ4v) is 3.08. The lowest BCUT2D eigenvalue weighted by atomic mass is 10.1. The molecule has 1 amide bonds. The lowest BCUT2D eigenvalue weighted by molar-refractivity contribution is 0.0940. The maximum atomic E-state index is 13.0. The highest BCUT2D eigenvalue weighted by atomic mass is 19.1. The largest absolute Gasteiger partial charge is 0.346 e. The minimum Gasteiger partial charge on any atom is -0.346 e. The van der Waals surface area contributed by atoms with Gasteiger partial charge in [-0.2, -0.15) is 0 Å². The molecule has 5 nitrogen and oxygen atoms in total. The van der Waals surface area contributed by atoms with Gasteiger partial charge in [-0.1, -0.05) is 41.6 Å². The third kappa shape index (κ3) is 3.76. The molecule has 0 bridgehead atoms. The maximum Gasteiger partial charge on any atom is 0.251 e. The number of aromatic nitrogens is 3. The summed E-state index contributed by atoms with van der Waals surface area (Å²) in [6.45, 7) is 2.45. The van der Waals surface area contributed by atoms with Crippen LogP contribution in [0.2, 0.25) is 0 Å². The molecule has 1 atom stereocenters. The van der Waals surface area contributed by atoms with E-state index < -0.39 is 0 Å². The number of carbonyl (C=O) groups excluding carboxylic acids is 1. The molecule has 0 aliphatic heterocycles. The van der Waals surface area contributed by atoms with Crippen LogP contribution >= 0.6 is 0 Å². The molecule has 140 valence electrons. The Balaban J connectivity index is 1.43. The molecule has 4 aromatic rings. The Morgan fingerprint density at radius 2 is 1.75 bits per heavy atom. The zero-order chi connectivity index (χ0) is 19.5. The van der Waals surface area contributed by atoms with Gasteiger partial charge in [0.05, 0.1) is 18.1 Å². The molecule has 1 heterocycles. The summed E-state index contributed by atoms with van der Waals surface area (Å²) in [6, 6.07) is 21.1. The van der Waals surface area contributed by atoms with Crippen LogP contribution in [0.4, 0.5) is 4.39 Å². The van der Waals surface area contributed by atoms with Gasteiger partial charge in [-0.3, -0.25) is 4.79 Å². The monoisotopic (exact) mass is 374 g/mol. The van der Waals surface area contributed by atoms with E-state index in [4.69, 9.17) is 0 Å². The van der Waals surface area contributed by atoms with E-state index in [0.29, 0.717) is 12.1 Å². The molecule has 0 radical (unpaired) electrons. The van der Waals surface area contributed by atoms with Gasteiger partial charge in [-0.15, -0.1) is 5.10 Å². The molecule has 1 N–H and O–H groups in total. The highest BCUT2D eigenvalue weighted by Gasteiger charge is 2.12. The third-order valence-corrected chi connectivity index (χ3v) is 4.69. The van der Waals surface area contributed by atoms with E-state index in [0.717, 1.165) is 22.2 Å². The number of para-hydroxylation sites is 1. The van der Waals surface area contributed by atoms with Crippen LogP contribution in [-0.2, 0) is 6.54 Å². The molecule has 0 saturated heterocycles. The highest BCUT2D eigenvalue weighted by Crippen LogP contribution is 2.15. The first-order valence-corrected chi connectivity index (χ1v) is 9.03. The quantitative estimate of drug-likeness (QED) is 0.572. The Kier molecular flexibility index (Phi) is 4.85. The SMILES string of the molecule is C[C@H](NC(=O)c1ccc(Cn2nnc3ccccc32)cc1)c1ccc(F)cc1. The van der Waals surface area contributed by atoms with Crippen molar-refractivity contribution in [2.24, 2.45) is 0 Å². The van der Waals surface area contributed by atoms with E-state index in [-0.39, 0.29) is 17.8 Å². The number of nitrogens with one attached hydrogen (secondary N) is 1. The molecule has 0 aliphatic rings. The standard InChI is InChI=1S/C22H19FN4O/c1-15(17-10-12-19(23)13-11-17)24-22(28)18-8-6-16(7-9-18)14-27-21-5-3-2-4-20(21)25-26-27/h2-13,15H,14H2,1H3,(H,24,28)/t15-/m0/s1. The van der Waals surface area contributed by atoms with Crippen LogP contribution in [0.15, 0.2) is 72.8 Å². The first kappa shape index (κ1) is 17.9. The maximum absolute atomic E-state index is 13.0. The van der Waals surface area contributed by atoms with E-state index >= 15 is 0 Å². The summed E-state index contributed by atoms with van der Waals surface area (Å²) < 4.78 is 14.9. The van der Waals surface area contributed by atoms with Crippen LogP contribution in [-0.4, -0.2) is 20.9 Å². The number of carbonyl (C=O) groups is 1. The van der Waals surface area contributed by atoms with Crippen LogP contribution in [0.3, 0.4) is 0 Å². The normalized spacial score (nSPS) is 12.1. The molecule has 0 aliphatic carbocycles. The van der Waals surface area contributed by atoms with E-state index in [9.17, 15) is 9.18 Å². The Labute approximate surface area is 161 Å². The van der Waals surface area contributed by atoms with Gasteiger partial charge >= 0.3 is 0 Å². The average molecular weight is 374 g/mol. The summed E-state index contributed by atoms with van der Waals surface area (Å²) >= 11 is 0. The zero-order valence-electron chi connectivity index (χ0n) is 15.3. The number of nitrogens with zero attached hydrogens (tertiary/aromatic N) is 3. The Morgan fingerprint density at radius 1 is 1.04 bits per heavy atom. The summed E-state index contributed by atoms with van der Waals surface area (Å²) in [6.07, 6.45) is 0. The van der Waals surface area contributed by atoms with Gasteiger partial charge in [0.2, 0.25) is 0 Å². The van der Waals surface area contributed by atoms with Crippen molar-refractivity contribution in [3.8, 4) is 0 Å². The van der Waals surface area contributed by atoms with Crippen molar-refractivity contribution >= 4 is 16.9 Å². The molecule has 6 heteroatoms. The predicted molar refractivity (Wildman–Crippen MR) is 105 cm³/mol. The number of benzene rings is 3. The second kappa shape index (κ2) is 7.60. The fourth-order valence-electron chi connectivity index (χ4n) is 3.08. The third-order valence-electron chi connectivity index (χ3n) is 4.69. The molecule has 4 rings (SSSR count). The smallest absolute Gasteiger partial charge is 0.251 e. The topological polar surface area (TPSA) is 59.8 Å². The van der Waals surface area contributed by atoms with Crippen molar-refractivity contribution < 1.29 is 9.18 Å². The van der Waals surface area contributed by atoms with Crippen molar-refractivity contribution in [3.05, 3.63) is 95.3 Å². The molecule has 0 spiro atoms. The summed E-state index contributed by atoms with van der Waals surface area (Å²) in [4.78, 5) is 12.5. The van der Waals surface area contributed by atoms with Gasteiger partial charge in [-0.25, -0.2) is 9.07 Å². The van der Waals surface area contributed by atoms with Crippen LogP contribution in [0.25, 0.3) is 11.0 Å². The average Bonchev–Trinajstić information content (AvgIpc) is 3.12. The van der Waals surface area contributed by atoms with Crippen molar-refractivity contribution in [2.45, 2.75) is 19.5 Å². The van der Waals surface area contributed by atoms with Gasteiger partial charge in [0, 0.05) is 5.56 Å². The first-order valence-electron chi connectivity index (χ1n) is 9.03. The number of hydrogen-bond donors (Lipinski definition) is 1. The number of rotatable bonds is 5. The molecule has 1 aromatic heterocycles. The van der Waals surface area contributed by atoms with Gasteiger partial charge in [0.25, 0.3) is 5.91 Å². The van der Waals surface area contributed by atoms with Crippen LogP contribution < -0.4 is 5.32 Å². The molecule has 0 unspecified atom stereocenters. The lowest BCUT2D eigenvalue weighted by Gasteiger charge is -2.14. The van der Waals surface area contributed by atoms with Crippen molar-refractivity contribution in [1.29, 1.82) is 0 Å². The lowest BCUT2D eigenvalue weighted by Crippen LogP contribution is -2.26. The number of fused-ring (bicyclic) bond motifs is 1. The second-order valence-corrected chi connectivity index (χ2v) is 6.68. The number of halogens is 1. The molecule has 0 fully saturated rings. The fraction of sp³-hybridized carbons (Fsp3) is 0.136. The molecule has 0 saturated carbocycles. The molecular formula is C22H19FN4O. The number of hydrogen-bond acceptors (Lipinski definition) is 3. The van der Waals surface area contributed by atoms with Gasteiger partial charge in [0.15, 0.2) is 0 Å². The summed E-state index contributed by atoms with van der Waals surface area (Å²) in [5, 5.41) is 11.3. The Bertz CT molecular complexity index is 1100. The predicted octanol–water partition coefficient (Wildman–Crippen LogP) is 4.11. The Morgan fingerprint density at radius 3 is 2.50 bits per heavy atom. The minimum absolute atomic E-state index is 0.172. The van der Waals surface area contributed by atoms with Crippen molar-refractivity contribution in [1.82, 2.24) is 20.3 Å². The van der Waals surface area contributed by atoms with E-state index in [1.807, 2.05) is 48.0 Å². The van der Waals surface area contributed by atoms with Gasteiger partial charge < -0.3 is 5.32 Å². The number of amides is 1. The second-order valence-electron chi connectivity index (χ2n) is 6.68. The summed E-state index contributed by atoms with van der Waals surface area (Å²) in [7, 11) is 0. The summed E-state index contributed by atoms with van der Waals surface area (Å²) in [5.74, 6) is -0.465. The van der Waals surface area contributed by atoms with Crippen LogP contribution in [0, 0.1) is 5.82 Å². The van der Waals surface area contributed by atoms with Gasteiger partial charge in [0.1, 0.15) is 11.3 Å². The summed E-state index contributed by atoms with van der Waals surface area (Å²) in [5.41, 5.74) is 4.27. The van der Waals surface area contributed by atoms with E-state index in [1.54, 1.807) is 24.3 Å². The van der Waals surface area contributed by atoms with E-state index in [2.05, 4.69) is 15.6 Å². The molecule has 28 heavy (non-hydrogen) atoms. The molecular weight excluding hydrogens is 355 g/mol. The minimum atomic E-state index is -0.293. The zero-order valence-corrected chi connectivity index (χ0v) is 15.3. The van der Waals surface area contributed by atoms with E-state index in [1.165, 1.54) is 12.1 Å². The van der Waals surface area contributed by atoms with Crippen LogP contribution in [0.5, 0.6) is 0 Å². The van der Waals surface area contributed by atoms with Crippen molar-refractivity contribution in [2.75, 3.05) is 0 Å².